The standard InChI is InChI=1S/C14H19FN2O4/c1-8(7-20-3)16-14(19)17-12-6-10(13(18)21-4)5-11(15)9(12)2/h5-6,8H,7H2,1-4H3,(H2,16,17,19). The maximum Gasteiger partial charge on any atom is 0.338 e. The van der Waals surface area contributed by atoms with E-state index in [-0.39, 0.29) is 22.9 Å². The van der Waals surface area contributed by atoms with Gasteiger partial charge in [0.1, 0.15) is 5.82 Å². The molecule has 0 saturated heterocycles. The van der Waals surface area contributed by atoms with E-state index in [1.807, 2.05) is 0 Å². The largest absolute Gasteiger partial charge is 0.465 e. The van der Waals surface area contributed by atoms with E-state index in [0.717, 1.165) is 6.07 Å². The van der Waals surface area contributed by atoms with Crippen molar-refractivity contribution in [3.63, 3.8) is 0 Å². The van der Waals surface area contributed by atoms with Crippen molar-refractivity contribution >= 4 is 17.7 Å². The topological polar surface area (TPSA) is 76.7 Å². The Kier molecular flexibility index (Phi) is 6.10. The van der Waals surface area contributed by atoms with Gasteiger partial charge in [0.25, 0.3) is 0 Å². The van der Waals surface area contributed by atoms with Crippen molar-refractivity contribution in [1.82, 2.24) is 5.32 Å². The molecule has 1 rings (SSSR count). The van der Waals surface area contributed by atoms with Crippen molar-refractivity contribution in [3.05, 3.63) is 29.1 Å². The van der Waals surface area contributed by atoms with Crippen LogP contribution in [0.4, 0.5) is 14.9 Å². The van der Waals surface area contributed by atoms with Crippen LogP contribution in [0.2, 0.25) is 0 Å². The Morgan fingerprint density at radius 1 is 1.33 bits per heavy atom. The quantitative estimate of drug-likeness (QED) is 0.816. The summed E-state index contributed by atoms with van der Waals surface area (Å²) < 4.78 is 23.2. The second kappa shape index (κ2) is 7.58. The minimum absolute atomic E-state index is 0.0286. The molecule has 0 saturated carbocycles. The Balaban J connectivity index is 2.89. The fourth-order valence-corrected chi connectivity index (χ4v) is 1.72. The zero-order valence-corrected chi connectivity index (χ0v) is 12.5. The van der Waals surface area contributed by atoms with E-state index in [4.69, 9.17) is 4.74 Å². The number of benzene rings is 1. The molecule has 0 fully saturated rings. The average molecular weight is 298 g/mol. The molecule has 0 radical (unpaired) electrons. The van der Waals surface area contributed by atoms with Crippen molar-refractivity contribution in [1.29, 1.82) is 0 Å². The van der Waals surface area contributed by atoms with Crippen molar-refractivity contribution in [2.24, 2.45) is 0 Å². The number of methoxy groups -OCH3 is 2. The highest BCUT2D eigenvalue weighted by Crippen LogP contribution is 2.21. The zero-order chi connectivity index (χ0) is 16.0. The average Bonchev–Trinajstić information content (AvgIpc) is 2.42. The fraction of sp³-hybridized carbons (Fsp3) is 0.429. The Morgan fingerprint density at radius 2 is 2.00 bits per heavy atom. The normalized spacial score (nSPS) is 11.7. The molecule has 1 aromatic rings. The number of amides is 2. The zero-order valence-electron chi connectivity index (χ0n) is 12.5. The molecule has 0 aromatic heterocycles. The van der Waals surface area contributed by atoms with Crippen LogP contribution < -0.4 is 10.6 Å². The summed E-state index contributed by atoms with van der Waals surface area (Å²) in [6.45, 7) is 3.62. The van der Waals surface area contributed by atoms with Crippen LogP contribution in [0.3, 0.4) is 0 Å². The summed E-state index contributed by atoms with van der Waals surface area (Å²) in [5, 5.41) is 5.13. The van der Waals surface area contributed by atoms with Gasteiger partial charge < -0.3 is 20.1 Å². The van der Waals surface area contributed by atoms with Gasteiger partial charge in [-0.15, -0.1) is 0 Å². The number of halogens is 1. The summed E-state index contributed by atoms with van der Waals surface area (Å²) in [5.41, 5.74) is 0.468. The van der Waals surface area contributed by atoms with Gasteiger partial charge in [-0.25, -0.2) is 14.0 Å². The van der Waals surface area contributed by atoms with E-state index in [2.05, 4.69) is 15.4 Å². The maximum absolute atomic E-state index is 13.8. The van der Waals surface area contributed by atoms with E-state index in [1.165, 1.54) is 27.2 Å². The number of carbonyl (C=O) groups excluding carboxylic acids is 2. The first-order valence-electron chi connectivity index (χ1n) is 6.34. The highest BCUT2D eigenvalue weighted by atomic mass is 19.1. The molecule has 7 heteroatoms. The molecule has 6 nitrogen and oxygen atoms in total. The molecule has 1 unspecified atom stereocenters. The summed E-state index contributed by atoms with van der Waals surface area (Å²) in [6, 6.07) is 1.72. The molecule has 0 bridgehead atoms. The third kappa shape index (κ3) is 4.71. The van der Waals surface area contributed by atoms with Gasteiger partial charge in [0.2, 0.25) is 0 Å². The first-order chi connectivity index (χ1) is 9.88. The van der Waals surface area contributed by atoms with Gasteiger partial charge in [0.15, 0.2) is 0 Å². The highest BCUT2D eigenvalue weighted by Gasteiger charge is 2.15. The monoisotopic (exact) mass is 298 g/mol. The number of esters is 1. The van der Waals surface area contributed by atoms with E-state index in [0.29, 0.717) is 6.61 Å². The third-order valence-electron chi connectivity index (χ3n) is 2.81. The smallest absolute Gasteiger partial charge is 0.338 e. The number of rotatable bonds is 5. The number of carbonyl (C=O) groups is 2. The third-order valence-corrected chi connectivity index (χ3v) is 2.81. The predicted octanol–water partition coefficient (Wildman–Crippen LogP) is 2.08. The molecule has 116 valence electrons. The van der Waals surface area contributed by atoms with E-state index in [9.17, 15) is 14.0 Å². The summed E-state index contributed by atoms with van der Waals surface area (Å²) >= 11 is 0. The molecular weight excluding hydrogens is 279 g/mol. The van der Waals surface area contributed by atoms with Crippen LogP contribution in [-0.4, -0.2) is 38.9 Å². The summed E-state index contributed by atoms with van der Waals surface area (Å²) in [4.78, 5) is 23.2. The Labute approximate surface area is 122 Å². The second-order valence-corrected chi connectivity index (χ2v) is 4.58. The van der Waals surface area contributed by atoms with Gasteiger partial charge in [-0.2, -0.15) is 0 Å². The van der Waals surface area contributed by atoms with Crippen LogP contribution >= 0.6 is 0 Å². The molecule has 1 aromatic carbocycles. The molecule has 0 aliphatic rings. The predicted molar refractivity (Wildman–Crippen MR) is 76.0 cm³/mol. The Hall–Kier alpha value is -2.15. The Morgan fingerprint density at radius 3 is 2.57 bits per heavy atom. The number of anilines is 1. The minimum Gasteiger partial charge on any atom is -0.465 e. The van der Waals surface area contributed by atoms with Crippen molar-refractivity contribution in [3.8, 4) is 0 Å². The summed E-state index contributed by atoms with van der Waals surface area (Å²) in [7, 11) is 2.72. The van der Waals surface area contributed by atoms with Gasteiger partial charge in [-0.3, -0.25) is 0 Å². The summed E-state index contributed by atoms with van der Waals surface area (Å²) in [5.74, 6) is -1.27. The van der Waals surface area contributed by atoms with Gasteiger partial charge in [0, 0.05) is 18.4 Å². The highest BCUT2D eigenvalue weighted by molar-refractivity contribution is 5.94. The second-order valence-electron chi connectivity index (χ2n) is 4.58. The van der Waals surface area contributed by atoms with Crippen LogP contribution in [0.5, 0.6) is 0 Å². The molecule has 1 atom stereocenters. The van der Waals surface area contributed by atoms with Crippen LogP contribution in [-0.2, 0) is 9.47 Å². The van der Waals surface area contributed by atoms with Crippen LogP contribution in [0, 0.1) is 12.7 Å². The first kappa shape index (κ1) is 16.9. The van der Waals surface area contributed by atoms with Crippen molar-refractivity contribution in [2.75, 3.05) is 26.1 Å². The lowest BCUT2D eigenvalue weighted by Crippen LogP contribution is -2.38. The molecule has 0 heterocycles. The van der Waals surface area contributed by atoms with Crippen LogP contribution in [0.15, 0.2) is 12.1 Å². The van der Waals surface area contributed by atoms with Gasteiger partial charge in [-0.05, 0) is 26.0 Å². The molecule has 2 N–H and O–H groups in total. The van der Waals surface area contributed by atoms with Gasteiger partial charge >= 0.3 is 12.0 Å². The number of urea groups is 1. The number of hydrogen-bond acceptors (Lipinski definition) is 4. The minimum atomic E-state index is -0.676. The molecule has 2 amide bonds. The summed E-state index contributed by atoms with van der Waals surface area (Å²) in [6.07, 6.45) is 0. The van der Waals surface area contributed by atoms with Gasteiger partial charge in [-0.1, -0.05) is 0 Å². The molecular formula is C14H19FN2O4. The SMILES string of the molecule is COCC(C)NC(=O)Nc1cc(C(=O)OC)cc(F)c1C. The number of hydrogen-bond donors (Lipinski definition) is 2. The lowest BCUT2D eigenvalue weighted by molar-refractivity contribution is 0.0600. The number of nitrogens with one attached hydrogen (secondary N) is 2. The lowest BCUT2D eigenvalue weighted by atomic mass is 10.1. The van der Waals surface area contributed by atoms with Crippen molar-refractivity contribution in [2.45, 2.75) is 19.9 Å². The maximum atomic E-state index is 13.8. The molecule has 0 aliphatic carbocycles. The van der Waals surface area contributed by atoms with Crippen molar-refractivity contribution < 1.29 is 23.5 Å². The van der Waals surface area contributed by atoms with E-state index < -0.39 is 17.8 Å². The Bertz CT molecular complexity index is 534. The van der Waals surface area contributed by atoms with E-state index in [1.54, 1.807) is 6.92 Å². The molecule has 0 aliphatic heterocycles. The van der Waals surface area contributed by atoms with Gasteiger partial charge in [0.05, 0.1) is 25.3 Å². The number of ether oxygens (including phenoxy) is 2. The lowest BCUT2D eigenvalue weighted by Gasteiger charge is -2.15. The fourth-order valence-electron chi connectivity index (χ4n) is 1.72. The molecule has 21 heavy (non-hydrogen) atoms. The molecule has 0 spiro atoms. The van der Waals surface area contributed by atoms with E-state index >= 15 is 0 Å². The van der Waals surface area contributed by atoms with Crippen LogP contribution in [0.25, 0.3) is 0 Å². The first-order valence-corrected chi connectivity index (χ1v) is 6.34. The van der Waals surface area contributed by atoms with Crippen LogP contribution in [0.1, 0.15) is 22.8 Å².